The molecule has 0 unspecified atom stereocenters. The third kappa shape index (κ3) is 3.67. The molecule has 5 heteroatoms. The van der Waals surface area contributed by atoms with Gasteiger partial charge in [-0.1, -0.05) is 91.0 Å². The first kappa shape index (κ1) is 28.2. The van der Waals surface area contributed by atoms with E-state index in [9.17, 15) is 0 Å². The van der Waals surface area contributed by atoms with E-state index in [-0.39, 0.29) is 0 Å². The minimum absolute atomic E-state index is 1.13. The average molecular weight is 710 g/mol. The number of para-hydroxylation sites is 2. The van der Waals surface area contributed by atoms with Gasteiger partial charge in [-0.25, -0.2) is 0 Å². The molecule has 0 aliphatic carbocycles. The molecule has 0 aliphatic rings. The quantitative estimate of drug-likeness (QED) is 0.166. The molecule has 0 N–H and O–H groups in total. The lowest BCUT2D eigenvalue weighted by atomic mass is 10.1. The molecule has 0 amide bonds. The number of nitrogens with zero attached hydrogens (tertiary/aromatic N) is 3. The SMILES string of the molecule is c1ccc2c(c1)sc1cc(N(c3ccc4sc5ccccc5c4c3)c3ccc4c(c3)n3c5ccccc5c5ccc6c7ccccc7n4c6c53)ccc12. The van der Waals surface area contributed by atoms with Gasteiger partial charge < -0.3 is 13.7 Å². The van der Waals surface area contributed by atoms with E-state index >= 15 is 0 Å². The second-order valence-corrected chi connectivity index (χ2v) is 16.3. The van der Waals surface area contributed by atoms with Gasteiger partial charge in [0, 0.05) is 79.0 Å². The first-order valence-electron chi connectivity index (χ1n) is 18.0. The molecule has 53 heavy (non-hydrogen) atoms. The van der Waals surface area contributed by atoms with Crippen LogP contribution in [0.5, 0.6) is 0 Å². The molecule has 0 saturated carbocycles. The van der Waals surface area contributed by atoms with Crippen molar-refractivity contribution in [1.29, 1.82) is 0 Å². The van der Waals surface area contributed by atoms with E-state index in [1.807, 2.05) is 22.7 Å². The van der Waals surface area contributed by atoms with Gasteiger partial charge in [-0.15, -0.1) is 22.7 Å². The van der Waals surface area contributed by atoms with Crippen molar-refractivity contribution < 1.29 is 0 Å². The van der Waals surface area contributed by atoms with Crippen LogP contribution in [-0.2, 0) is 0 Å². The van der Waals surface area contributed by atoms with Gasteiger partial charge in [-0.3, -0.25) is 0 Å². The van der Waals surface area contributed by atoms with Crippen LogP contribution >= 0.6 is 22.7 Å². The van der Waals surface area contributed by atoms with Crippen LogP contribution in [0, 0.1) is 0 Å². The Labute approximate surface area is 310 Å². The molecule has 5 aromatic heterocycles. The summed E-state index contributed by atoms with van der Waals surface area (Å²) in [6.45, 7) is 0. The summed E-state index contributed by atoms with van der Waals surface area (Å²) in [7, 11) is 0. The zero-order chi connectivity index (χ0) is 34.4. The monoisotopic (exact) mass is 709 g/mol. The fourth-order valence-electron chi connectivity index (χ4n) is 9.17. The lowest BCUT2D eigenvalue weighted by molar-refractivity contribution is 1.24. The van der Waals surface area contributed by atoms with Gasteiger partial charge in [-0.05, 0) is 72.8 Å². The van der Waals surface area contributed by atoms with Crippen LogP contribution in [0.4, 0.5) is 17.1 Å². The largest absolute Gasteiger partial charge is 0.310 e. The Kier molecular flexibility index (Phi) is 5.40. The van der Waals surface area contributed by atoms with Crippen LogP contribution in [0.1, 0.15) is 0 Å². The molecule has 0 bridgehead atoms. The molecule has 5 heterocycles. The number of hydrogen-bond donors (Lipinski definition) is 0. The Morgan fingerprint density at radius 2 is 0.774 bits per heavy atom. The van der Waals surface area contributed by atoms with Crippen molar-refractivity contribution in [1.82, 2.24) is 8.80 Å². The number of anilines is 3. The van der Waals surface area contributed by atoms with E-state index in [1.54, 1.807) is 0 Å². The molecule has 0 radical (unpaired) electrons. The Morgan fingerprint density at radius 1 is 0.302 bits per heavy atom. The average Bonchev–Trinajstić information content (AvgIpc) is 3.96. The van der Waals surface area contributed by atoms with Crippen molar-refractivity contribution in [3.8, 4) is 0 Å². The Morgan fingerprint density at radius 3 is 1.49 bits per heavy atom. The minimum atomic E-state index is 1.13. The summed E-state index contributed by atoms with van der Waals surface area (Å²) < 4.78 is 10.3. The number of benzene rings is 8. The van der Waals surface area contributed by atoms with Crippen molar-refractivity contribution in [2.24, 2.45) is 0 Å². The van der Waals surface area contributed by atoms with E-state index in [2.05, 4.69) is 177 Å². The van der Waals surface area contributed by atoms with Crippen LogP contribution < -0.4 is 4.90 Å². The predicted molar refractivity (Wildman–Crippen MR) is 230 cm³/mol. The van der Waals surface area contributed by atoms with Gasteiger partial charge in [0.1, 0.15) is 0 Å². The highest BCUT2D eigenvalue weighted by Gasteiger charge is 2.23. The van der Waals surface area contributed by atoms with Crippen molar-refractivity contribution in [3.05, 3.63) is 164 Å². The number of hydrogen-bond acceptors (Lipinski definition) is 3. The van der Waals surface area contributed by atoms with E-state index in [1.165, 1.54) is 95.0 Å². The standard InChI is InChI=1S/C48H27N3S2/c1-5-13-39-31(9-1)36-21-22-37-32-10-2-6-14-40(32)51-42-26-29(18-23-41(42)50(39)47(36)48(37)51)49(28-19-24-45-38(25-28)34-12-4-8-16-44(34)52-45)30-17-20-35-33-11-3-7-15-43(33)53-46(35)27-30/h1-27H. The molecule has 0 fully saturated rings. The highest BCUT2D eigenvalue weighted by Crippen LogP contribution is 2.46. The van der Waals surface area contributed by atoms with Crippen LogP contribution in [-0.4, -0.2) is 8.80 Å². The Balaban J connectivity index is 1.15. The molecule has 8 aromatic carbocycles. The van der Waals surface area contributed by atoms with Crippen molar-refractivity contribution in [2.75, 3.05) is 4.90 Å². The molecule has 13 rings (SSSR count). The zero-order valence-corrected chi connectivity index (χ0v) is 29.9. The minimum Gasteiger partial charge on any atom is -0.310 e. The molecule has 0 saturated heterocycles. The summed E-state index contributed by atoms with van der Waals surface area (Å²) in [4.78, 5) is 2.46. The topological polar surface area (TPSA) is 12.1 Å². The molecular weight excluding hydrogens is 683 g/mol. The van der Waals surface area contributed by atoms with Crippen LogP contribution in [0.25, 0.3) is 95.0 Å². The summed E-state index contributed by atoms with van der Waals surface area (Å²) in [5.41, 5.74) is 10.8. The van der Waals surface area contributed by atoms with Gasteiger partial charge in [0.2, 0.25) is 0 Å². The van der Waals surface area contributed by atoms with Crippen LogP contribution in [0.3, 0.4) is 0 Å². The fourth-order valence-corrected chi connectivity index (χ4v) is 11.4. The first-order chi connectivity index (χ1) is 26.3. The lowest BCUT2D eigenvalue weighted by Gasteiger charge is -2.26. The summed E-state index contributed by atoms with van der Waals surface area (Å²) in [6, 6.07) is 61.0. The highest BCUT2D eigenvalue weighted by molar-refractivity contribution is 7.26. The normalized spacial score (nSPS) is 12.5. The van der Waals surface area contributed by atoms with E-state index in [0.717, 1.165) is 17.1 Å². The molecule has 13 aromatic rings. The van der Waals surface area contributed by atoms with E-state index < -0.39 is 0 Å². The van der Waals surface area contributed by atoms with E-state index in [0.29, 0.717) is 0 Å². The first-order valence-corrected chi connectivity index (χ1v) is 19.6. The molecule has 246 valence electrons. The number of aromatic nitrogens is 2. The van der Waals surface area contributed by atoms with Gasteiger partial charge in [0.15, 0.2) is 0 Å². The van der Waals surface area contributed by atoms with Gasteiger partial charge in [0.25, 0.3) is 0 Å². The summed E-state index contributed by atoms with van der Waals surface area (Å²) >= 11 is 3.74. The van der Waals surface area contributed by atoms with E-state index in [4.69, 9.17) is 0 Å². The van der Waals surface area contributed by atoms with Crippen molar-refractivity contribution in [2.45, 2.75) is 0 Å². The zero-order valence-electron chi connectivity index (χ0n) is 28.2. The third-order valence-corrected chi connectivity index (χ3v) is 13.7. The Hall–Kier alpha value is -6.40. The number of fused-ring (bicyclic) bond motifs is 15. The van der Waals surface area contributed by atoms with Gasteiger partial charge >= 0.3 is 0 Å². The van der Waals surface area contributed by atoms with Gasteiger partial charge in [-0.2, -0.15) is 0 Å². The number of thiophene rings is 2. The van der Waals surface area contributed by atoms with Crippen molar-refractivity contribution in [3.63, 3.8) is 0 Å². The molecule has 0 aliphatic heterocycles. The Bertz CT molecular complexity index is 3650. The summed E-state index contributed by atoms with van der Waals surface area (Å²) in [5, 5.41) is 10.4. The maximum absolute atomic E-state index is 2.52. The lowest BCUT2D eigenvalue weighted by Crippen LogP contribution is -2.10. The second kappa shape index (κ2) is 10.1. The predicted octanol–water partition coefficient (Wildman–Crippen LogP) is 14.4. The molecular formula is C48H27N3S2. The third-order valence-electron chi connectivity index (χ3n) is 11.4. The maximum atomic E-state index is 2.52. The highest BCUT2D eigenvalue weighted by atomic mass is 32.1. The van der Waals surface area contributed by atoms with Crippen molar-refractivity contribution >= 4 is 135 Å². The smallest absolute Gasteiger partial charge is 0.0789 e. The summed E-state index contributed by atoms with van der Waals surface area (Å²) in [6.07, 6.45) is 0. The summed E-state index contributed by atoms with van der Waals surface area (Å²) in [5.74, 6) is 0. The van der Waals surface area contributed by atoms with Crippen LogP contribution in [0.15, 0.2) is 164 Å². The second-order valence-electron chi connectivity index (χ2n) is 14.1. The molecule has 0 spiro atoms. The fraction of sp³-hybridized carbons (Fsp3) is 0. The molecule has 3 nitrogen and oxygen atoms in total. The maximum Gasteiger partial charge on any atom is 0.0789 e. The van der Waals surface area contributed by atoms with Crippen LogP contribution in [0.2, 0.25) is 0 Å². The molecule has 0 atom stereocenters. The number of rotatable bonds is 3. The van der Waals surface area contributed by atoms with Gasteiger partial charge in [0.05, 0.1) is 33.1 Å².